The van der Waals surface area contributed by atoms with Crippen LogP contribution in [0, 0.1) is 13.8 Å². The summed E-state index contributed by atoms with van der Waals surface area (Å²) in [6.45, 7) is 2.91. The number of amides is 1. The van der Waals surface area contributed by atoms with Crippen molar-refractivity contribution >= 4 is 5.91 Å². The van der Waals surface area contributed by atoms with E-state index in [0.717, 1.165) is 29.1 Å². The Labute approximate surface area is 143 Å². The molecule has 4 rings (SSSR count). The topological polar surface area (TPSA) is 77.0 Å². The van der Waals surface area contributed by atoms with Gasteiger partial charge in [0, 0.05) is 18.0 Å². The van der Waals surface area contributed by atoms with Crippen molar-refractivity contribution in [3.05, 3.63) is 29.2 Å². The second kappa shape index (κ2) is 5.60. The molecule has 9 heteroatoms. The van der Waals surface area contributed by atoms with Gasteiger partial charge in [-0.15, -0.1) is 0 Å². The first-order valence-electron chi connectivity index (χ1n) is 8.34. The molecule has 7 nitrogen and oxygen atoms in total. The molecule has 3 heterocycles. The summed E-state index contributed by atoms with van der Waals surface area (Å²) in [5.41, 5.74) is 1.58. The minimum absolute atomic E-state index is 0.0874. The van der Waals surface area contributed by atoms with Gasteiger partial charge >= 0.3 is 0 Å². The van der Waals surface area contributed by atoms with Gasteiger partial charge in [0.1, 0.15) is 12.6 Å². The number of nitrogens with zero attached hydrogens (tertiary/aromatic N) is 5. The number of hydrogen-bond donors (Lipinski definition) is 0. The number of aromatic nitrogens is 4. The van der Waals surface area contributed by atoms with Crippen molar-refractivity contribution < 1.29 is 18.1 Å². The highest BCUT2D eigenvalue weighted by atomic mass is 19.3. The van der Waals surface area contributed by atoms with E-state index >= 15 is 0 Å². The van der Waals surface area contributed by atoms with Crippen LogP contribution in [0.25, 0.3) is 0 Å². The summed E-state index contributed by atoms with van der Waals surface area (Å²) in [5, 5.41) is 8.10. The van der Waals surface area contributed by atoms with E-state index in [1.54, 1.807) is 0 Å². The molecule has 0 N–H and O–H groups in total. The highest BCUT2D eigenvalue weighted by Crippen LogP contribution is 2.43. The molecular formula is C16H19F2N5O2. The highest BCUT2D eigenvalue weighted by Gasteiger charge is 2.50. The van der Waals surface area contributed by atoms with Crippen LogP contribution < -0.4 is 0 Å². The maximum atomic E-state index is 14.0. The second-order valence-corrected chi connectivity index (χ2v) is 6.95. The summed E-state index contributed by atoms with van der Waals surface area (Å²) in [5.74, 6) is -2.49. The highest BCUT2D eigenvalue weighted by molar-refractivity contribution is 5.77. The monoisotopic (exact) mass is 351 g/mol. The number of carbonyl (C=O) groups excluding carboxylic acids is 1. The standard InChI is InChI=1S/C16H19F2N5O2/c1-9-5-10(2)23(20-9)7-13(24)22-8-16(17,18)6-12(22)15-19-14(21-25-15)11-3-4-11/h5,11-12H,3-4,6-8H2,1-2H3/t12-/m0/s1. The van der Waals surface area contributed by atoms with Crippen molar-refractivity contribution in [3.8, 4) is 0 Å². The van der Waals surface area contributed by atoms with Crippen molar-refractivity contribution in [2.75, 3.05) is 6.54 Å². The zero-order chi connectivity index (χ0) is 17.8. The number of likely N-dealkylation sites (tertiary alicyclic amines) is 1. The summed E-state index contributed by atoms with van der Waals surface area (Å²) >= 11 is 0. The molecule has 1 saturated heterocycles. The summed E-state index contributed by atoms with van der Waals surface area (Å²) < 4.78 is 34.7. The predicted octanol–water partition coefficient (Wildman–Crippen LogP) is 2.37. The molecule has 2 fully saturated rings. The van der Waals surface area contributed by atoms with Gasteiger partial charge in [0.05, 0.1) is 12.2 Å². The van der Waals surface area contributed by atoms with E-state index in [9.17, 15) is 13.6 Å². The normalized spacial score (nSPS) is 22.6. The fourth-order valence-electron chi connectivity index (χ4n) is 3.24. The number of alkyl halides is 2. The van der Waals surface area contributed by atoms with Crippen LogP contribution in [0.1, 0.15) is 54.3 Å². The van der Waals surface area contributed by atoms with Crippen LogP contribution in [-0.2, 0) is 11.3 Å². The van der Waals surface area contributed by atoms with Gasteiger partial charge in [-0.3, -0.25) is 9.48 Å². The number of carbonyl (C=O) groups is 1. The maximum absolute atomic E-state index is 14.0. The van der Waals surface area contributed by atoms with Crippen LogP contribution in [0.2, 0.25) is 0 Å². The molecule has 1 saturated carbocycles. The largest absolute Gasteiger partial charge is 0.337 e. The average molecular weight is 351 g/mol. The second-order valence-electron chi connectivity index (χ2n) is 6.95. The van der Waals surface area contributed by atoms with Crippen LogP contribution in [0.4, 0.5) is 8.78 Å². The molecule has 25 heavy (non-hydrogen) atoms. The smallest absolute Gasteiger partial charge is 0.267 e. The lowest BCUT2D eigenvalue weighted by molar-refractivity contribution is -0.134. The molecule has 134 valence electrons. The van der Waals surface area contributed by atoms with Gasteiger partial charge in [-0.25, -0.2) is 8.78 Å². The van der Waals surface area contributed by atoms with Gasteiger partial charge in [0.15, 0.2) is 5.82 Å². The minimum Gasteiger partial charge on any atom is -0.337 e. The average Bonchev–Trinajstić information content (AvgIpc) is 3.04. The van der Waals surface area contributed by atoms with Crippen molar-refractivity contribution in [3.63, 3.8) is 0 Å². The Morgan fingerprint density at radius 3 is 2.80 bits per heavy atom. The molecule has 0 spiro atoms. The fourth-order valence-corrected chi connectivity index (χ4v) is 3.24. The van der Waals surface area contributed by atoms with Crippen molar-refractivity contribution in [2.24, 2.45) is 0 Å². The number of aryl methyl sites for hydroxylation is 2. The van der Waals surface area contributed by atoms with Crippen LogP contribution in [0.3, 0.4) is 0 Å². The Bertz CT molecular complexity index is 811. The molecule has 0 unspecified atom stereocenters. The molecule has 1 aliphatic heterocycles. The lowest BCUT2D eigenvalue weighted by Crippen LogP contribution is -2.36. The zero-order valence-electron chi connectivity index (χ0n) is 14.1. The van der Waals surface area contributed by atoms with E-state index in [2.05, 4.69) is 15.2 Å². The zero-order valence-corrected chi connectivity index (χ0v) is 14.1. The molecule has 2 aromatic rings. The van der Waals surface area contributed by atoms with E-state index in [4.69, 9.17) is 4.52 Å². The van der Waals surface area contributed by atoms with E-state index in [1.807, 2.05) is 19.9 Å². The van der Waals surface area contributed by atoms with Crippen LogP contribution in [-0.4, -0.2) is 43.2 Å². The van der Waals surface area contributed by atoms with Gasteiger partial charge in [-0.05, 0) is 32.8 Å². The Morgan fingerprint density at radius 2 is 2.16 bits per heavy atom. The SMILES string of the molecule is Cc1cc(C)n(CC(=O)N2CC(F)(F)C[C@H]2c2nc(C3CC3)no2)n1. The lowest BCUT2D eigenvalue weighted by Gasteiger charge is -2.21. The third kappa shape index (κ3) is 3.14. The van der Waals surface area contributed by atoms with Crippen LogP contribution in [0.5, 0.6) is 0 Å². The molecular weight excluding hydrogens is 332 g/mol. The van der Waals surface area contributed by atoms with Crippen molar-refractivity contribution in [1.82, 2.24) is 24.8 Å². The van der Waals surface area contributed by atoms with Gasteiger partial charge in [-0.2, -0.15) is 10.1 Å². The molecule has 1 atom stereocenters. The lowest BCUT2D eigenvalue weighted by atomic mass is 10.2. The molecule has 0 aromatic carbocycles. The maximum Gasteiger partial charge on any atom is 0.267 e. The predicted molar refractivity (Wildman–Crippen MR) is 82.0 cm³/mol. The molecule has 0 bridgehead atoms. The first kappa shape index (κ1) is 16.2. The summed E-state index contributed by atoms with van der Waals surface area (Å²) in [6.07, 6.45) is 1.48. The first-order valence-corrected chi connectivity index (χ1v) is 8.34. The fraction of sp³-hybridized carbons (Fsp3) is 0.625. The Balaban J connectivity index is 1.56. The van der Waals surface area contributed by atoms with E-state index < -0.39 is 30.8 Å². The number of hydrogen-bond acceptors (Lipinski definition) is 5. The Hall–Kier alpha value is -2.32. The first-order chi connectivity index (χ1) is 11.8. The van der Waals surface area contributed by atoms with E-state index in [0.29, 0.717) is 5.82 Å². The van der Waals surface area contributed by atoms with Crippen molar-refractivity contribution in [2.45, 2.75) is 57.5 Å². The quantitative estimate of drug-likeness (QED) is 0.845. The summed E-state index contributed by atoms with van der Waals surface area (Å²) in [6, 6.07) is 0.947. The molecule has 2 aliphatic rings. The molecule has 1 aliphatic carbocycles. The number of halogens is 2. The van der Waals surface area contributed by atoms with E-state index in [-0.39, 0.29) is 18.4 Å². The Morgan fingerprint density at radius 1 is 1.40 bits per heavy atom. The van der Waals surface area contributed by atoms with Gasteiger partial charge in [0.25, 0.3) is 5.92 Å². The molecule has 2 aromatic heterocycles. The van der Waals surface area contributed by atoms with Gasteiger partial charge < -0.3 is 9.42 Å². The summed E-state index contributed by atoms with van der Waals surface area (Å²) in [7, 11) is 0. The van der Waals surface area contributed by atoms with Crippen LogP contribution >= 0.6 is 0 Å². The third-order valence-corrected chi connectivity index (χ3v) is 4.66. The summed E-state index contributed by atoms with van der Waals surface area (Å²) in [4.78, 5) is 18.0. The van der Waals surface area contributed by atoms with Gasteiger partial charge in [0.2, 0.25) is 11.8 Å². The molecule has 0 radical (unpaired) electrons. The van der Waals surface area contributed by atoms with Gasteiger partial charge in [-0.1, -0.05) is 5.16 Å². The third-order valence-electron chi connectivity index (χ3n) is 4.66. The van der Waals surface area contributed by atoms with Crippen molar-refractivity contribution in [1.29, 1.82) is 0 Å². The van der Waals surface area contributed by atoms with E-state index in [1.165, 1.54) is 4.68 Å². The Kier molecular flexibility index (Phi) is 3.62. The van der Waals surface area contributed by atoms with Crippen LogP contribution in [0.15, 0.2) is 10.6 Å². The molecule has 1 amide bonds. The minimum atomic E-state index is -2.97. The number of rotatable bonds is 4.